The molecule has 0 saturated carbocycles. The van der Waals surface area contributed by atoms with E-state index in [9.17, 15) is 4.79 Å². The number of nitrogens with one attached hydrogen (secondary N) is 1. The van der Waals surface area contributed by atoms with E-state index in [1.165, 1.54) is 5.56 Å². The van der Waals surface area contributed by atoms with Gasteiger partial charge in [0.2, 0.25) is 0 Å². The summed E-state index contributed by atoms with van der Waals surface area (Å²) < 4.78 is 0. The zero-order valence-corrected chi connectivity index (χ0v) is 17.2. The van der Waals surface area contributed by atoms with Gasteiger partial charge in [-0.05, 0) is 66.8 Å². The molecule has 1 aromatic carbocycles. The Labute approximate surface area is 171 Å². The Morgan fingerprint density at radius 2 is 2.07 bits per heavy atom. The third-order valence-corrected chi connectivity index (χ3v) is 5.63. The molecule has 0 aliphatic carbocycles. The van der Waals surface area contributed by atoms with Crippen molar-refractivity contribution in [3.05, 3.63) is 76.7 Å². The first-order chi connectivity index (χ1) is 14.1. The topological polar surface area (TPSA) is 58.1 Å². The summed E-state index contributed by atoms with van der Waals surface area (Å²) in [5, 5.41) is 2.75. The summed E-state index contributed by atoms with van der Waals surface area (Å²) in [6, 6.07) is 14.4. The molecule has 5 heteroatoms. The molecular formula is C24H26N4O. The summed E-state index contributed by atoms with van der Waals surface area (Å²) in [6.07, 6.45) is 3.69. The van der Waals surface area contributed by atoms with Gasteiger partial charge in [-0.3, -0.25) is 9.78 Å². The fraction of sp³-hybridized carbons (Fsp3) is 0.292. The van der Waals surface area contributed by atoms with Crippen LogP contribution >= 0.6 is 0 Å². The summed E-state index contributed by atoms with van der Waals surface area (Å²) in [6.45, 7) is 5.76. The molecule has 1 amide bonds. The van der Waals surface area contributed by atoms with Crippen LogP contribution in [0.25, 0.3) is 11.1 Å². The predicted octanol–water partition coefficient (Wildman–Crippen LogP) is 3.94. The maximum Gasteiger partial charge on any atom is 0.251 e. The maximum atomic E-state index is 12.3. The lowest BCUT2D eigenvalue weighted by atomic mass is 9.94. The molecule has 3 heterocycles. The molecule has 148 valence electrons. The van der Waals surface area contributed by atoms with Crippen molar-refractivity contribution in [3.8, 4) is 11.1 Å². The van der Waals surface area contributed by atoms with Crippen molar-refractivity contribution < 1.29 is 4.79 Å². The molecule has 1 aliphatic heterocycles. The van der Waals surface area contributed by atoms with Crippen LogP contribution in [0.5, 0.6) is 0 Å². The van der Waals surface area contributed by atoms with Crippen LogP contribution in [0.1, 0.15) is 39.8 Å². The van der Waals surface area contributed by atoms with Crippen LogP contribution in [0, 0.1) is 6.92 Å². The number of anilines is 1. The van der Waals surface area contributed by atoms with Crippen LogP contribution in [0.3, 0.4) is 0 Å². The molecule has 0 bridgehead atoms. The fourth-order valence-electron chi connectivity index (χ4n) is 3.99. The van der Waals surface area contributed by atoms with E-state index in [0.717, 1.165) is 58.8 Å². The quantitative estimate of drug-likeness (QED) is 0.738. The van der Waals surface area contributed by atoms with Crippen LogP contribution in [0.15, 0.2) is 48.7 Å². The van der Waals surface area contributed by atoms with Gasteiger partial charge in [-0.2, -0.15) is 0 Å². The summed E-state index contributed by atoms with van der Waals surface area (Å²) in [5.41, 5.74) is 7.48. The van der Waals surface area contributed by atoms with Crippen molar-refractivity contribution in [2.45, 2.75) is 33.2 Å². The molecule has 1 N–H and O–H groups in total. The van der Waals surface area contributed by atoms with Crippen molar-refractivity contribution in [2.24, 2.45) is 0 Å². The van der Waals surface area contributed by atoms with Crippen LogP contribution < -0.4 is 10.2 Å². The van der Waals surface area contributed by atoms with Crippen molar-refractivity contribution in [1.29, 1.82) is 0 Å². The van der Waals surface area contributed by atoms with E-state index >= 15 is 0 Å². The van der Waals surface area contributed by atoms with Gasteiger partial charge in [-0.1, -0.05) is 19.1 Å². The molecule has 1 aliphatic rings. The molecular weight excluding hydrogens is 360 g/mol. The number of pyridine rings is 2. The Morgan fingerprint density at radius 1 is 1.21 bits per heavy atom. The number of amides is 1. The Bertz CT molecular complexity index is 1060. The summed E-state index contributed by atoms with van der Waals surface area (Å²) in [7, 11) is 1.68. The van der Waals surface area contributed by atoms with E-state index in [-0.39, 0.29) is 5.91 Å². The SMILES string of the molecule is CCc1cc(-c2ccc(N3CCc4cccc(C(=O)NC)c4C3)nc2C)ccn1. The van der Waals surface area contributed by atoms with Gasteiger partial charge >= 0.3 is 0 Å². The second-order valence-corrected chi connectivity index (χ2v) is 7.39. The largest absolute Gasteiger partial charge is 0.355 e. The van der Waals surface area contributed by atoms with E-state index in [1.807, 2.05) is 24.4 Å². The summed E-state index contributed by atoms with van der Waals surface area (Å²) >= 11 is 0. The number of fused-ring (bicyclic) bond motifs is 1. The Hall–Kier alpha value is -3.21. The zero-order chi connectivity index (χ0) is 20.4. The minimum Gasteiger partial charge on any atom is -0.355 e. The smallest absolute Gasteiger partial charge is 0.251 e. The summed E-state index contributed by atoms with van der Waals surface area (Å²) in [5.74, 6) is 0.918. The minimum atomic E-state index is -0.0346. The van der Waals surface area contributed by atoms with E-state index in [1.54, 1.807) is 7.05 Å². The van der Waals surface area contributed by atoms with Gasteiger partial charge in [0.15, 0.2) is 0 Å². The molecule has 0 spiro atoms. The molecule has 5 nitrogen and oxygen atoms in total. The Kier molecular flexibility index (Phi) is 5.30. The van der Waals surface area contributed by atoms with Crippen LogP contribution in [-0.2, 0) is 19.4 Å². The number of benzene rings is 1. The highest BCUT2D eigenvalue weighted by Crippen LogP contribution is 2.29. The average molecular weight is 386 g/mol. The number of carbonyl (C=O) groups is 1. The first-order valence-electron chi connectivity index (χ1n) is 10.1. The van der Waals surface area contributed by atoms with Gasteiger partial charge < -0.3 is 10.2 Å². The van der Waals surface area contributed by atoms with Crippen molar-refractivity contribution in [1.82, 2.24) is 15.3 Å². The number of rotatable bonds is 4. The molecule has 0 unspecified atom stereocenters. The van der Waals surface area contributed by atoms with Crippen molar-refractivity contribution in [3.63, 3.8) is 0 Å². The van der Waals surface area contributed by atoms with Gasteiger partial charge in [0.05, 0.1) is 0 Å². The number of hydrogen-bond donors (Lipinski definition) is 1. The van der Waals surface area contributed by atoms with Gasteiger partial charge in [-0.25, -0.2) is 4.98 Å². The first-order valence-corrected chi connectivity index (χ1v) is 10.1. The van der Waals surface area contributed by atoms with Crippen molar-refractivity contribution in [2.75, 3.05) is 18.5 Å². The fourth-order valence-corrected chi connectivity index (χ4v) is 3.99. The van der Waals surface area contributed by atoms with Gasteiger partial charge in [-0.15, -0.1) is 0 Å². The molecule has 4 rings (SSSR count). The number of hydrogen-bond acceptors (Lipinski definition) is 4. The summed E-state index contributed by atoms with van der Waals surface area (Å²) in [4.78, 5) is 23.8. The van der Waals surface area contributed by atoms with Gasteiger partial charge in [0, 0.05) is 48.8 Å². The average Bonchev–Trinajstić information content (AvgIpc) is 2.77. The first kappa shape index (κ1) is 19.1. The standard InChI is InChI=1S/C24H26N4O/c1-4-19-14-18(10-12-26-19)20-8-9-23(27-16(20)2)28-13-11-17-6-5-7-21(22(17)15-28)24(29)25-3/h5-10,12,14H,4,11,13,15H2,1-3H3,(H,25,29). The number of aryl methyl sites for hydroxylation is 2. The zero-order valence-electron chi connectivity index (χ0n) is 17.2. The number of nitrogens with zero attached hydrogens (tertiary/aromatic N) is 3. The second-order valence-electron chi connectivity index (χ2n) is 7.39. The molecule has 0 radical (unpaired) electrons. The maximum absolute atomic E-state index is 12.3. The Balaban J connectivity index is 1.64. The lowest BCUT2D eigenvalue weighted by Gasteiger charge is -2.31. The predicted molar refractivity (Wildman–Crippen MR) is 116 cm³/mol. The molecule has 3 aromatic rings. The highest BCUT2D eigenvalue weighted by atomic mass is 16.1. The molecule has 0 fully saturated rings. The van der Waals surface area contributed by atoms with Crippen LogP contribution in [0.2, 0.25) is 0 Å². The highest BCUT2D eigenvalue weighted by Gasteiger charge is 2.22. The van der Waals surface area contributed by atoms with E-state index in [4.69, 9.17) is 4.98 Å². The Morgan fingerprint density at radius 3 is 2.83 bits per heavy atom. The van der Waals surface area contributed by atoms with Gasteiger partial charge in [0.1, 0.15) is 5.82 Å². The highest BCUT2D eigenvalue weighted by molar-refractivity contribution is 5.96. The monoisotopic (exact) mass is 386 g/mol. The van der Waals surface area contributed by atoms with Crippen LogP contribution in [0.4, 0.5) is 5.82 Å². The number of carbonyl (C=O) groups excluding carboxylic acids is 1. The van der Waals surface area contributed by atoms with E-state index in [2.05, 4.69) is 53.3 Å². The normalized spacial score (nSPS) is 13.1. The second kappa shape index (κ2) is 8.03. The molecule has 0 atom stereocenters. The van der Waals surface area contributed by atoms with Crippen molar-refractivity contribution >= 4 is 11.7 Å². The lowest BCUT2D eigenvalue weighted by molar-refractivity contribution is 0.0962. The van der Waals surface area contributed by atoms with Gasteiger partial charge in [0.25, 0.3) is 5.91 Å². The van der Waals surface area contributed by atoms with E-state index < -0.39 is 0 Å². The number of aromatic nitrogens is 2. The third kappa shape index (κ3) is 3.73. The lowest BCUT2D eigenvalue weighted by Crippen LogP contribution is -2.33. The molecule has 29 heavy (non-hydrogen) atoms. The minimum absolute atomic E-state index is 0.0346. The third-order valence-electron chi connectivity index (χ3n) is 5.63. The molecule has 0 saturated heterocycles. The molecule has 2 aromatic heterocycles. The van der Waals surface area contributed by atoms with E-state index in [0.29, 0.717) is 6.54 Å². The van der Waals surface area contributed by atoms with Crippen LogP contribution in [-0.4, -0.2) is 29.5 Å².